The summed E-state index contributed by atoms with van der Waals surface area (Å²) in [5.41, 5.74) is 3.00. The van der Waals surface area contributed by atoms with E-state index in [4.69, 9.17) is 4.74 Å². The molecule has 1 fully saturated rings. The minimum absolute atomic E-state index is 0.0741. The first kappa shape index (κ1) is 17.0. The lowest BCUT2D eigenvalue weighted by atomic mass is 9.93. The fourth-order valence-electron chi connectivity index (χ4n) is 3.05. The molecule has 2 aromatic carbocycles. The van der Waals surface area contributed by atoms with Crippen molar-refractivity contribution in [3.63, 3.8) is 0 Å². The van der Waals surface area contributed by atoms with Crippen LogP contribution in [-0.4, -0.2) is 34.2 Å². The van der Waals surface area contributed by atoms with Gasteiger partial charge in [0.05, 0.1) is 6.54 Å². The second kappa shape index (κ2) is 6.97. The maximum atomic E-state index is 11.8. The van der Waals surface area contributed by atoms with Gasteiger partial charge in [-0.25, -0.2) is 9.59 Å². The quantitative estimate of drug-likeness (QED) is 0.842. The van der Waals surface area contributed by atoms with Gasteiger partial charge in [0, 0.05) is 0 Å². The average molecular weight is 339 g/mol. The van der Waals surface area contributed by atoms with Crippen molar-refractivity contribution in [3.05, 3.63) is 60.2 Å². The number of carbonyl (C=O) groups is 2. The van der Waals surface area contributed by atoms with Gasteiger partial charge >= 0.3 is 12.1 Å². The van der Waals surface area contributed by atoms with Crippen LogP contribution in [0.1, 0.15) is 19.4 Å². The van der Waals surface area contributed by atoms with Crippen LogP contribution in [-0.2, 0) is 16.1 Å². The largest absolute Gasteiger partial charge is 0.465 e. The molecule has 0 spiro atoms. The van der Waals surface area contributed by atoms with Crippen molar-refractivity contribution in [2.24, 2.45) is 5.92 Å². The molecule has 0 aromatic heterocycles. The summed E-state index contributed by atoms with van der Waals surface area (Å²) in [5, 5.41) is 9.54. The number of rotatable bonds is 5. The lowest BCUT2D eigenvalue weighted by Crippen LogP contribution is -2.62. The molecule has 1 aliphatic rings. The number of amides is 1. The Kier molecular flexibility index (Phi) is 4.74. The third kappa shape index (κ3) is 3.50. The number of nitrogens with zero attached hydrogens (tertiary/aromatic N) is 1. The van der Waals surface area contributed by atoms with Crippen LogP contribution < -0.4 is 0 Å². The normalized spacial score (nSPS) is 19.2. The van der Waals surface area contributed by atoms with Crippen molar-refractivity contribution in [3.8, 4) is 11.1 Å². The fourth-order valence-corrected chi connectivity index (χ4v) is 3.05. The van der Waals surface area contributed by atoms with Gasteiger partial charge in [0.2, 0.25) is 0 Å². The predicted octanol–water partition coefficient (Wildman–Crippen LogP) is 3.78. The van der Waals surface area contributed by atoms with Crippen molar-refractivity contribution in [1.82, 2.24) is 4.90 Å². The van der Waals surface area contributed by atoms with E-state index in [-0.39, 0.29) is 18.6 Å². The Balaban J connectivity index is 1.77. The summed E-state index contributed by atoms with van der Waals surface area (Å²) in [5.74, 6) is -0.396. The zero-order valence-electron chi connectivity index (χ0n) is 14.3. The van der Waals surface area contributed by atoms with Crippen LogP contribution in [0.15, 0.2) is 54.6 Å². The molecule has 0 saturated carbocycles. The predicted molar refractivity (Wildman–Crippen MR) is 94.0 cm³/mol. The summed E-state index contributed by atoms with van der Waals surface area (Å²) >= 11 is 0. The van der Waals surface area contributed by atoms with Gasteiger partial charge in [-0.3, -0.25) is 4.90 Å². The van der Waals surface area contributed by atoms with Gasteiger partial charge in [0.1, 0.15) is 6.10 Å². The first-order valence-electron chi connectivity index (χ1n) is 8.32. The monoisotopic (exact) mass is 339 g/mol. The highest BCUT2D eigenvalue weighted by Crippen LogP contribution is 2.29. The van der Waals surface area contributed by atoms with Gasteiger partial charge in [-0.1, -0.05) is 68.4 Å². The Bertz CT molecular complexity index is 755. The van der Waals surface area contributed by atoms with E-state index in [9.17, 15) is 14.7 Å². The summed E-state index contributed by atoms with van der Waals surface area (Å²) in [7, 11) is 0. The molecule has 1 amide bonds. The lowest BCUT2D eigenvalue weighted by Gasteiger charge is -2.42. The van der Waals surface area contributed by atoms with Crippen molar-refractivity contribution in [1.29, 1.82) is 0 Å². The van der Waals surface area contributed by atoms with Crippen LogP contribution in [0.25, 0.3) is 11.1 Å². The lowest BCUT2D eigenvalue weighted by molar-refractivity contribution is -0.192. The number of esters is 1. The Morgan fingerprint density at radius 1 is 1.08 bits per heavy atom. The van der Waals surface area contributed by atoms with Gasteiger partial charge in [-0.15, -0.1) is 0 Å². The highest BCUT2D eigenvalue weighted by Gasteiger charge is 2.49. The summed E-state index contributed by atoms with van der Waals surface area (Å²) in [6, 6.07) is 16.9. The molecule has 1 heterocycles. The van der Waals surface area contributed by atoms with Crippen molar-refractivity contribution >= 4 is 12.1 Å². The Morgan fingerprint density at radius 3 is 2.20 bits per heavy atom. The topological polar surface area (TPSA) is 66.8 Å². The number of benzene rings is 2. The third-order valence-electron chi connectivity index (χ3n) is 4.46. The highest BCUT2D eigenvalue weighted by molar-refractivity contribution is 5.86. The standard InChI is InChI=1S/C20H21NO4/c1-13(2)18-17(19(22)25-18)21(20(23)24)12-14-8-10-16(11-9-14)15-6-4-3-5-7-15/h3-11,13,17-18H,12H2,1-2H3,(H,23,24)/t17-,18+/m1/s1. The maximum Gasteiger partial charge on any atom is 0.408 e. The second-order valence-electron chi connectivity index (χ2n) is 6.56. The molecule has 5 heteroatoms. The van der Waals surface area contributed by atoms with Crippen LogP contribution in [0.5, 0.6) is 0 Å². The van der Waals surface area contributed by atoms with E-state index in [2.05, 4.69) is 0 Å². The molecule has 1 N–H and O–H groups in total. The van der Waals surface area contributed by atoms with E-state index in [0.29, 0.717) is 0 Å². The first-order valence-corrected chi connectivity index (χ1v) is 8.32. The number of hydrogen-bond donors (Lipinski definition) is 1. The van der Waals surface area contributed by atoms with E-state index in [1.54, 1.807) is 0 Å². The van der Waals surface area contributed by atoms with E-state index >= 15 is 0 Å². The molecular weight excluding hydrogens is 318 g/mol. The molecule has 0 aliphatic carbocycles. The molecule has 1 saturated heterocycles. The molecule has 2 aromatic rings. The zero-order chi connectivity index (χ0) is 18.0. The van der Waals surface area contributed by atoms with Crippen molar-refractivity contribution < 1.29 is 19.4 Å². The summed E-state index contributed by atoms with van der Waals surface area (Å²) in [6.45, 7) is 3.99. The zero-order valence-corrected chi connectivity index (χ0v) is 14.3. The second-order valence-corrected chi connectivity index (χ2v) is 6.56. The van der Waals surface area contributed by atoms with E-state index in [1.807, 2.05) is 68.4 Å². The Hall–Kier alpha value is -2.82. The summed E-state index contributed by atoms with van der Waals surface area (Å²) in [6.07, 6.45) is -1.49. The molecule has 2 atom stereocenters. The van der Waals surface area contributed by atoms with Gasteiger partial charge in [0.15, 0.2) is 6.04 Å². The van der Waals surface area contributed by atoms with Crippen molar-refractivity contribution in [2.45, 2.75) is 32.5 Å². The minimum Gasteiger partial charge on any atom is -0.465 e. The van der Waals surface area contributed by atoms with E-state index < -0.39 is 18.1 Å². The number of ether oxygens (including phenoxy) is 1. The average Bonchev–Trinajstić information content (AvgIpc) is 2.60. The summed E-state index contributed by atoms with van der Waals surface area (Å²) < 4.78 is 5.12. The van der Waals surface area contributed by atoms with Crippen LogP contribution in [0.3, 0.4) is 0 Å². The van der Waals surface area contributed by atoms with E-state index in [0.717, 1.165) is 16.7 Å². The maximum absolute atomic E-state index is 11.8. The van der Waals surface area contributed by atoms with E-state index in [1.165, 1.54) is 4.90 Å². The highest BCUT2D eigenvalue weighted by atomic mass is 16.6. The molecule has 130 valence electrons. The van der Waals surface area contributed by atoms with Gasteiger partial charge in [-0.2, -0.15) is 0 Å². The number of carbonyl (C=O) groups excluding carboxylic acids is 1. The minimum atomic E-state index is -1.11. The van der Waals surface area contributed by atoms with Crippen molar-refractivity contribution in [2.75, 3.05) is 0 Å². The van der Waals surface area contributed by atoms with Gasteiger partial charge < -0.3 is 9.84 Å². The molecule has 0 unspecified atom stereocenters. The molecule has 3 rings (SSSR count). The fraction of sp³-hybridized carbons (Fsp3) is 0.300. The Morgan fingerprint density at radius 2 is 1.68 bits per heavy atom. The number of carboxylic acid groups (broad SMARTS) is 1. The molecule has 0 bridgehead atoms. The third-order valence-corrected chi connectivity index (χ3v) is 4.46. The van der Waals surface area contributed by atoms with Crippen LogP contribution in [0.4, 0.5) is 4.79 Å². The van der Waals surface area contributed by atoms with Gasteiger partial charge in [-0.05, 0) is 22.6 Å². The summed E-state index contributed by atoms with van der Waals surface area (Å²) in [4.78, 5) is 24.6. The molecular formula is C20H21NO4. The van der Waals surface area contributed by atoms with Crippen LogP contribution in [0, 0.1) is 5.92 Å². The Labute approximate surface area is 146 Å². The van der Waals surface area contributed by atoms with Gasteiger partial charge in [0.25, 0.3) is 0 Å². The SMILES string of the molecule is CC(C)[C@@H]1OC(=O)[C@@H]1N(Cc1ccc(-c2ccccc2)cc1)C(=O)O. The van der Waals surface area contributed by atoms with Crippen LogP contribution >= 0.6 is 0 Å². The molecule has 0 radical (unpaired) electrons. The first-order chi connectivity index (χ1) is 12.0. The number of cyclic esters (lactones) is 1. The molecule has 25 heavy (non-hydrogen) atoms. The molecule has 5 nitrogen and oxygen atoms in total. The molecule has 1 aliphatic heterocycles. The smallest absolute Gasteiger partial charge is 0.408 e. The number of hydrogen-bond acceptors (Lipinski definition) is 3. The van der Waals surface area contributed by atoms with Crippen LogP contribution in [0.2, 0.25) is 0 Å².